The largest absolute Gasteiger partial charge is 0.445 e. The molecule has 0 bridgehead atoms. The maximum atomic E-state index is 12.5. The van der Waals surface area contributed by atoms with Crippen LogP contribution in [-0.2, 0) is 23.4 Å². The first kappa shape index (κ1) is 26.3. The van der Waals surface area contributed by atoms with Gasteiger partial charge in [-0.15, -0.1) is 0 Å². The van der Waals surface area contributed by atoms with E-state index in [1.54, 1.807) is 0 Å². The smallest absolute Gasteiger partial charge is 0.411 e. The van der Waals surface area contributed by atoms with Crippen molar-refractivity contribution in [1.82, 2.24) is 5.32 Å². The number of rotatable bonds is 9. The van der Waals surface area contributed by atoms with Crippen LogP contribution in [0.5, 0.6) is 0 Å². The van der Waals surface area contributed by atoms with Crippen molar-refractivity contribution < 1.29 is 28.2 Å². The number of methoxy groups -OCH3 is 2. The highest BCUT2D eigenvalue weighted by molar-refractivity contribution is 6.99. The van der Waals surface area contributed by atoms with Crippen molar-refractivity contribution >= 4 is 24.8 Å². The zero-order valence-corrected chi connectivity index (χ0v) is 22.5. The van der Waals surface area contributed by atoms with Gasteiger partial charge >= 0.3 is 6.09 Å². The van der Waals surface area contributed by atoms with E-state index in [1.165, 1.54) is 20.3 Å². The number of hydrogen-bond donors (Lipinski definition) is 1. The van der Waals surface area contributed by atoms with E-state index in [2.05, 4.69) is 56.9 Å². The van der Waals surface area contributed by atoms with E-state index in [1.807, 2.05) is 42.5 Å². The zero-order chi connectivity index (χ0) is 26.0. The van der Waals surface area contributed by atoms with Gasteiger partial charge in [0.15, 0.2) is 0 Å². The predicted molar refractivity (Wildman–Crippen MR) is 141 cm³/mol. The Labute approximate surface area is 214 Å². The summed E-state index contributed by atoms with van der Waals surface area (Å²) < 4.78 is 30.1. The molecule has 0 spiro atoms. The van der Waals surface area contributed by atoms with Crippen molar-refractivity contribution in [2.24, 2.45) is 0 Å². The summed E-state index contributed by atoms with van der Waals surface area (Å²) >= 11 is 0. The number of carbonyl (C=O) groups excluding carboxylic acids is 1. The summed E-state index contributed by atoms with van der Waals surface area (Å²) in [5.74, 6) is -1.27. The fraction of sp³-hybridized carbons (Fsp3) is 0.393. The van der Waals surface area contributed by atoms with E-state index in [-0.39, 0.29) is 17.7 Å². The predicted octanol–water partition coefficient (Wildman–Crippen LogP) is 3.50. The summed E-state index contributed by atoms with van der Waals surface area (Å²) in [5, 5.41) is 4.89. The average molecular weight is 510 g/mol. The number of epoxide rings is 1. The molecule has 7 nitrogen and oxygen atoms in total. The van der Waals surface area contributed by atoms with Crippen LogP contribution in [0.1, 0.15) is 20.8 Å². The minimum atomic E-state index is -2.87. The number of carbonyl (C=O) groups is 1. The Bertz CT molecular complexity index is 1050. The first-order valence-electron chi connectivity index (χ1n) is 12.0. The fourth-order valence-corrected chi connectivity index (χ4v) is 9.77. The number of hydrogen-bond acceptors (Lipinski definition) is 6. The van der Waals surface area contributed by atoms with Gasteiger partial charge in [0.2, 0.25) is 5.79 Å². The maximum absolute atomic E-state index is 12.5. The molecule has 0 saturated carbocycles. The van der Waals surface area contributed by atoms with E-state index >= 15 is 0 Å². The third kappa shape index (κ3) is 4.55. The summed E-state index contributed by atoms with van der Waals surface area (Å²) in [6, 6.07) is 20.8. The van der Waals surface area contributed by atoms with Crippen molar-refractivity contribution in [3.8, 4) is 0 Å². The second-order valence-electron chi connectivity index (χ2n) is 9.94. The Morgan fingerprint density at radius 1 is 1.06 bits per heavy atom. The molecule has 1 aliphatic carbocycles. The van der Waals surface area contributed by atoms with Crippen LogP contribution in [0.4, 0.5) is 4.79 Å². The Kier molecular flexibility index (Phi) is 7.54. The van der Waals surface area contributed by atoms with Crippen LogP contribution in [-0.4, -0.2) is 59.3 Å². The van der Waals surface area contributed by atoms with Gasteiger partial charge in [0.1, 0.15) is 18.8 Å². The van der Waals surface area contributed by atoms with Crippen LogP contribution in [0.2, 0.25) is 5.04 Å². The Hall–Kier alpha value is -2.75. The van der Waals surface area contributed by atoms with Crippen molar-refractivity contribution in [2.75, 3.05) is 20.8 Å². The molecule has 0 radical (unpaired) electrons. The van der Waals surface area contributed by atoms with Crippen molar-refractivity contribution in [3.63, 3.8) is 0 Å². The summed E-state index contributed by atoms with van der Waals surface area (Å²) in [4.78, 5) is 12.5. The van der Waals surface area contributed by atoms with E-state index in [0.717, 1.165) is 10.4 Å². The van der Waals surface area contributed by atoms with Crippen LogP contribution < -0.4 is 15.7 Å². The van der Waals surface area contributed by atoms with Gasteiger partial charge in [-0.3, -0.25) is 5.32 Å². The van der Waals surface area contributed by atoms with Crippen LogP contribution >= 0.6 is 0 Å². The molecule has 1 heterocycles. The Morgan fingerprint density at radius 3 is 2.08 bits per heavy atom. The summed E-state index contributed by atoms with van der Waals surface area (Å²) in [5.41, 5.74) is 0.392. The molecule has 192 valence electrons. The third-order valence-corrected chi connectivity index (χ3v) is 11.9. The first-order valence-corrected chi connectivity index (χ1v) is 14.0. The molecule has 3 atom stereocenters. The molecule has 2 aromatic rings. The minimum absolute atomic E-state index is 0.0800. The quantitative estimate of drug-likeness (QED) is 0.241. The van der Waals surface area contributed by atoms with Crippen LogP contribution in [0.3, 0.4) is 0 Å². The highest BCUT2D eigenvalue weighted by Gasteiger charge is 2.66. The highest BCUT2D eigenvalue weighted by Crippen LogP contribution is 2.48. The van der Waals surface area contributed by atoms with Gasteiger partial charge < -0.3 is 23.4 Å². The summed E-state index contributed by atoms with van der Waals surface area (Å²) in [6.45, 7) is 10.3. The second kappa shape index (κ2) is 10.3. The van der Waals surface area contributed by atoms with E-state index in [0.29, 0.717) is 5.70 Å². The van der Waals surface area contributed by atoms with Gasteiger partial charge in [-0.25, -0.2) is 4.79 Å². The molecule has 2 aliphatic rings. The van der Waals surface area contributed by atoms with E-state index in [9.17, 15) is 4.79 Å². The van der Waals surface area contributed by atoms with Gasteiger partial charge in [0.25, 0.3) is 8.32 Å². The van der Waals surface area contributed by atoms with Gasteiger partial charge in [-0.1, -0.05) is 94.1 Å². The molecule has 1 aliphatic heterocycles. The Morgan fingerprint density at radius 2 is 1.61 bits per heavy atom. The van der Waals surface area contributed by atoms with Gasteiger partial charge in [0, 0.05) is 14.2 Å². The second-order valence-corrected chi connectivity index (χ2v) is 14.2. The molecule has 4 rings (SSSR count). The third-order valence-electron chi connectivity index (χ3n) is 6.84. The SMILES string of the molecule is C=CCOC(=O)NC1=C[C@H](O[Si](c2ccccc2)(c2ccccc2)C(C)(C)C)[C@@H]2O[C@@H]2C1(OC)OC. The lowest BCUT2D eigenvalue weighted by atomic mass is 9.95. The topological polar surface area (TPSA) is 78.6 Å². The van der Waals surface area contributed by atoms with Crippen molar-refractivity contribution in [2.45, 2.75) is 49.9 Å². The number of fused-ring (bicyclic) bond motifs is 1. The number of nitrogens with one attached hydrogen (secondary N) is 1. The number of alkyl carbamates (subject to hydrolysis) is 1. The van der Waals surface area contributed by atoms with Crippen LogP contribution in [0, 0.1) is 0 Å². The van der Waals surface area contributed by atoms with Gasteiger partial charge in [0.05, 0.1) is 11.8 Å². The van der Waals surface area contributed by atoms with Crippen LogP contribution in [0.15, 0.2) is 85.1 Å². The molecule has 2 aromatic carbocycles. The normalized spacial score (nSPS) is 22.7. The van der Waals surface area contributed by atoms with Crippen molar-refractivity contribution in [1.29, 1.82) is 0 Å². The molecule has 0 aromatic heterocycles. The highest BCUT2D eigenvalue weighted by atomic mass is 28.4. The fourth-order valence-electron chi connectivity index (χ4n) is 5.15. The van der Waals surface area contributed by atoms with E-state index < -0.39 is 32.4 Å². The molecule has 1 fully saturated rings. The molecule has 0 unspecified atom stereocenters. The van der Waals surface area contributed by atoms with Crippen LogP contribution in [0.25, 0.3) is 0 Å². The molecule has 1 N–H and O–H groups in total. The molecule has 1 amide bonds. The number of ether oxygens (including phenoxy) is 4. The van der Waals surface area contributed by atoms with Gasteiger partial charge in [-0.2, -0.15) is 0 Å². The minimum Gasteiger partial charge on any atom is -0.445 e. The average Bonchev–Trinajstić information content (AvgIpc) is 3.68. The summed E-state index contributed by atoms with van der Waals surface area (Å²) in [7, 11) is 0.175. The Balaban J connectivity index is 1.81. The monoisotopic (exact) mass is 509 g/mol. The van der Waals surface area contributed by atoms with Gasteiger partial charge in [-0.05, 0) is 21.5 Å². The zero-order valence-electron chi connectivity index (χ0n) is 21.5. The number of amides is 1. The molecule has 36 heavy (non-hydrogen) atoms. The lowest BCUT2D eigenvalue weighted by molar-refractivity contribution is -0.195. The lowest BCUT2D eigenvalue weighted by Gasteiger charge is -2.45. The lowest BCUT2D eigenvalue weighted by Crippen LogP contribution is -2.68. The molecule has 8 heteroatoms. The van der Waals surface area contributed by atoms with E-state index in [4.69, 9.17) is 23.4 Å². The maximum Gasteiger partial charge on any atom is 0.411 e. The standard InChI is InChI=1S/C28H35NO6Si/c1-7-18-33-26(30)29-23-19-22(24-25(34-24)28(23,31-5)32-6)35-36(27(2,3)4,20-14-10-8-11-15-20)21-16-12-9-13-17-21/h7-17,19,22,24-25H,1,18H2,2-6H3,(H,29,30)/t22-,24-,25-/m0/s1. The molecular weight excluding hydrogens is 474 g/mol. The first-order chi connectivity index (χ1) is 17.2. The summed E-state index contributed by atoms with van der Waals surface area (Å²) in [6.07, 6.45) is 1.52. The molecular formula is C28H35NO6Si. The van der Waals surface area contributed by atoms with Crippen molar-refractivity contribution in [3.05, 3.63) is 85.1 Å². The molecule has 1 saturated heterocycles. The number of benzene rings is 2.